The highest BCUT2D eigenvalue weighted by Gasteiger charge is 2.17. The van der Waals surface area contributed by atoms with Crippen LogP contribution in [0.4, 0.5) is 16.2 Å². The number of hydrogen-bond donors (Lipinski definition) is 3. The van der Waals surface area contributed by atoms with Crippen LogP contribution in [0.1, 0.15) is 26.5 Å². The monoisotopic (exact) mass is 318 g/mol. The molecule has 1 aromatic heterocycles. The Morgan fingerprint density at radius 2 is 2.04 bits per heavy atom. The molecule has 1 heterocycles. The molecular formula is C16H22N4O3. The molecule has 0 fully saturated rings. The topological polar surface area (TPSA) is 88.3 Å². The number of nitrogens with zero attached hydrogens (tertiary/aromatic N) is 1. The molecule has 1 aromatic carbocycles. The molecule has 3 N–H and O–H groups in total. The molecule has 2 aromatic rings. The number of carbonyl (C=O) groups is 1. The molecule has 2 rings (SSSR count). The van der Waals surface area contributed by atoms with Crippen LogP contribution in [0.3, 0.4) is 0 Å². The lowest BCUT2D eigenvalue weighted by atomic mass is 10.2. The summed E-state index contributed by atoms with van der Waals surface area (Å²) in [5, 5.41) is 12.8. The molecule has 0 unspecified atom stereocenters. The predicted octanol–water partition coefficient (Wildman–Crippen LogP) is 3.38. The molecule has 0 aliphatic carbocycles. The van der Waals surface area contributed by atoms with E-state index in [-0.39, 0.29) is 0 Å². The molecule has 0 aliphatic rings. The molecule has 0 aliphatic heterocycles. The van der Waals surface area contributed by atoms with E-state index in [1.54, 1.807) is 25.4 Å². The van der Waals surface area contributed by atoms with Gasteiger partial charge in [-0.2, -0.15) is 5.10 Å². The number of amides is 1. The first kappa shape index (κ1) is 16.7. The van der Waals surface area contributed by atoms with Crippen LogP contribution in [0.15, 0.2) is 30.5 Å². The van der Waals surface area contributed by atoms with Crippen molar-refractivity contribution >= 4 is 17.5 Å². The minimum atomic E-state index is -0.555. The summed E-state index contributed by atoms with van der Waals surface area (Å²) in [5.41, 5.74) is 1.71. The van der Waals surface area contributed by atoms with E-state index in [1.165, 1.54) is 0 Å². The number of aromatic nitrogens is 2. The quantitative estimate of drug-likeness (QED) is 0.786. The third-order valence-electron chi connectivity index (χ3n) is 2.89. The number of H-pyrrole nitrogens is 1. The smallest absolute Gasteiger partial charge is 0.412 e. The molecule has 124 valence electrons. The third kappa shape index (κ3) is 5.21. The number of ether oxygens (including phenoxy) is 2. The zero-order chi connectivity index (χ0) is 16.9. The predicted molar refractivity (Wildman–Crippen MR) is 88.8 cm³/mol. The maximum absolute atomic E-state index is 12.0. The van der Waals surface area contributed by atoms with Gasteiger partial charge in [-0.25, -0.2) is 4.79 Å². The number of methoxy groups -OCH3 is 1. The largest absolute Gasteiger partial charge is 0.497 e. The number of carbonyl (C=O) groups excluding carboxylic acids is 1. The van der Waals surface area contributed by atoms with E-state index in [9.17, 15) is 4.79 Å². The normalized spacial score (nSPS) is 11.0. The zero-order valence-electron chi connectivity index (χ0n) is 13.8. The molecule has 23 heavy (non-hydrogen) atoms. The van der Waals surface area contributed by atoms with Crippen molar-refractivity contribution in [3.05, 3.63) is 36.2 Å². The summed E-state index contributed by atoms with van der Waals surface area (Å²) < 4.78 is 10.5. The van der Waals surface area contributed by atoms with Crippen molar-refractivity contribution in [2.24, 2.45) is 0 Å². The van der Waals surface area contributed by atoms with E-state index < -0.39 is 11.7 Å². The molecule has 0 radical (unpaired) electrons. The number of aromatic amines is 1. The third-order valence-corrected chi connectivity index (χ3v) is 2.89. The lowest BCUT2D eigenvalue weighted by Crippen LogP contribution is -2.27. The standard InChI is InChI=1S/C16H22N4O3/c1-16(2,3)23-15(21)19-13-6-5-12(22-4)9-14(13)17-10-11-7-8-18-20-11/h5-9,17H,10H2,1-4H3,(H,18,20)(H,19,21). The molecule has 7 nitrogen and oxygen atoms in total. The highest BCUT2D eigenvalue weighted by molar-refractivity contribution is 5.90. The minimum absolute atomic E-state index is 0.507. The Kier molecular flexibility index (Phi) is 5.10. The average molecular weight is 318 g/mol. The Labute approximate surface area is 135 Å². The van der Waals surface area contributed by atoms with Crippen molar-refractivity contribution in [1.29, 1.82) is 0 Å². The molecule has 0 saturated heterocycles. The van der Waals surface area contributed by atoms with Gasteiger partial charge >= 0.3 is 6.09 Å². The van der Waals surface area contributed by atoms with Crippen LogP contribution in [0.5, 0.6) is 5.75 Å². The lowest BCUT2D eigenvalue weighted by Gasteiger charge is -2.21. The Hall–Kier alpha value is -2.70. The summed E-state index contributed by atoms with van der Waals surface area (Å²) in [7, 11) is 1.59. The SMILES string of the molecule is COc1ccc(NC(=O)OC(C)(C)C)c(NCc2ccn[nH]2)c1. The number of anilines is 2. The Morgan fingerprint density at radius 1 is 1.26 bits per heavy atom. The van der Waals surface area contributed by atoms with Gasteiger partial charge in [-0.3, -0.25) is 10.4 Å². The van der Waals surface area contributed by atoms with Gasteiger partial charge < -0.3 is 14.8 Å². The minimum Gasteiger partial charge on any atom is -0.497 e. The van der Waals surface area contributed by atoms with Crippen LogP contribution in [-0.4, -0.2) is 29.0 Å². The van der Waals surface area contributed by atoms with Gasteiger partial charge in [0, 0.05) is 12.3 Å². The molecule has 7 heteroatoms. The average Bonchev–Trinajstić information content (AvgIpc) is 2.97. The van der Waals surface area contributed by atoms with Crippen molar-refractivity contribution in [3.8, 4) is 5.75 Å². The molecular weight excluding hydrogens is 296 g/mol. The Bertz CT molecular complexity index is 648. The van der Waals surface area contributed by atoms with Crippen LogP contribution < -0.4 is 15.4 Å². The van der Waals surface area contributed by atoms with Crippen LogP contribution in [0, 0.1) is 0 Å². The summed E-state index contributed by atoms with van der Waals surface area (Å²) >= 11 is 0. The number of rotatable bonds is 5. The van der Waals surface area contributed by atoms with E-state index >= 15 is 0 Å². The Balaban J connectivity index is 2.12. The van der Waals surface area contributed by atoms with E-state index in [1.807, 2.05) is 32.9 Å². The zero-order valence-corrected chi connectivity index (χ0v) is 13.8. The van der Waals surface area contributed by atoms with Gasteiger partial charge in [-0.05, 0) is 39.0 Å². The highest BCUT2D eigenvalue weighted by atomic mass is 16.6. The molecule has 0 bridgehead atoms. The van der Waals surface area contributed by atoms with Crippen molar-refractivity contribution in [1.82, 2.24) is 10.2 Å². The maximum Gasteiger partial charge on any atom is 0.412 e. The lowest BCUT2D eigenvalue weighted by molar-refractivity contribution is 0.0636. The van der Waals surface area contributed by atoms with Gasteiger partial charge in [0.2, 0.25) is 0 Å². The maximum atomic E-state index is 12.0. The second kappa shape index (κ2) is 7.04. The fraction of sp³-hybridized carbons (Fsp3) is 0.375. The molecule has 0 spiro atoms. The fourth-order valence-corrected chi connectivity index (χ4v) is 1.89. The summed E-state index contributed by atoms with van der Waals surface area (Å²) in [6, 6.07) is 7.21. The van der Waals surface area contributed by atoms with E-state index in [0.29, 0.717) is 18.0 Å². The van der Waals surface area contributed by atoms with Crippen molar-refractivity contribution in [3.63, 3.8) is 0 Å². The van der Waals surface area contributed by atoms with Crippen LogP contribution in [0.2, 0.25) is 0 Å². The summed E-state index contributed by atoms with van der Waals surface area (Å²) in [6.07, 6.45) is 1.18. The molecule has 0 saturated carbocycles. The van der Waals surface area contributed by atoms with Gasteiger partial charge in [0.25, 0.3) is 0 Å². The first-order chi connectivity index (χ1) is 10.9. The second-order valence-corrected chi connectivity index (χ2v) is 5.97. The first-order valence-corrected chi connectivity index (χ1v) is 7.27. The summed E-state index contributed by atoms with van der Waals surface area (Å²) in [6.45, 7) is 5.99. The van der Waals surface area contributed by atoms with Crippen molar-refractivity contribution < 1.29 is 14.3 Å². The van der Waals surface area contributed by atoms with E-state index in [2.05, 4.69) is 20.8 Å². The van der Waals surface area contributed by atoms with Crippen molar-refractivity contribution in [2.45, 2.75) is 32.9 Å². The van der Waals surface area contributed by atoms with Gasteiger partial charge in [-0.15, -0.1) is 0 Å². The van der Waals surface area contributed by atoms with Crippen molar-refractivity contribution in [2.75, 3.05) is 17.7 Å². The molecule has 0 atom stereocenters. The summed E-state index contributed by atoms with van der Waals surface area (Å²) in [5.74, 6) is 0.687. The number of benzene rings is 1. The fourth-order valence-electron chi connectivity index (χ4n) is 1.89. The molecule has 1 amide bonds. The Morgan fingerprint density at radius 3 is 2.65 bits per heavy atom. The number of nitrogens with one attached hydrogen (secondary N) is 3. The van der Waals surface area contributed by atoms with Gasteiger partial charge in [-0.1, -0.05) is 0 Å². The van der Waals surface area contributed by atoms with Crippen LogP contribution >= 0.6 is 0 Å². The van der Waals surface area contributed by atoms with Gasteiger partial charge in [0.1, 0.15) is 11.4 Å². The van der Waals surface area contributed by atoms with Crippen LogP contribution in [-0.2, 0) is 11.3 Å². The number of hydrogen-bond acceptors (Lipinski definition) is 5. The highest BCUT2D eigenvalue weighted by Crippen LogP contribution is 2.28. The van der Waals surface area contributed by atoms with E-state index in [4.69, 9.17) is 9.47 Å². The van der Waals surface area contributed by atoms with E-state index in [0.717, 1.165) is 11.4 Å². The second-order valence-electron chi connectivity index (χ2n) is 5.97. The van der Waals surface area contributed by atoms with Gasteiger partial charge in [0.15, 0.2) is 0 Å². The summed E-state index contributed by atoms with van der Waals surface area (Å²) in [4.78, 5) is 12.0. The van der Waals surface area contributed by atoms with Crippen LogP contribution in [0.25, 0.3) is 0 Å². The van der Waals surface area contributed by atoms with Gasteiger partial charge in [0.05, 0.1) is 30.7 Å². The first-order valence-electron chi connectivity index (χ1n) is 7.27.